The maximum absolute atomic E-state index is 10.3. The number of aromatic nitrogens is 3. The van der Waals surface area contributed by atoms with Crippen LogP contribution in [0.5, 0.6) is 0 Å². The van der Waals surface area contributed by atoms with E-state index in [1.165, 1.54) is 6.26 Å². The van der Waals surface area contributed by atoms with Crippen LogP contribution in [0.1, 0.15) is 37.9 Å². The summed E-state index contributed by atoms with van der Waals surface area (Å²) in [5.74, 6) is 0.921. The summed E-state index contributed by atoms with van der Waals surface area (Å²) in [6.45, 7) is 5.98. The van der Waals surface area contributed by atoms with Crippen LogP contribution in [0.2, 0.25) is 0 Å². The van der Waals surface area contributed by atoms with Gasteiger partial charge in [-0.3, -0.25) is 0 Å². The third kappa shape index (κ3) is 3.14. The number of furan rings is 1. The van der Waals surface area contributed by atoms with Gasteiger partial charge in [0.2, 0.25) is 5.95 Å². The minimum atomic E-state index is -1.12. The van der Waals surface area contributed by atoms with Crippen molar-refractivity contribution in [1.82, 2.24) is 15.2 Å². The number of aryl methyl sites for hydroxylation is 2. The van der Waals surface area contributed by atoms with Crippen molar-refractivity contribution in [2.45, 2.75) is 39.2 Å². The number of rotatable bonds is 6. The van der Waals surface area contributed by atoms with E-state index in [9.17, 15) is 5.11 Å². The van der Waals surface area contributed by atoms with Crippen LogP contribution in [0.25, 0.3) is 0 Å². The summed E-state index contributed by atoms with van der Waals surface area (Å²) in [6, 6.07) is 3.48. The van der Waals surface area contributed by atoms with E-state index in [1.807, 2.05) is 13.8 Å². The molecule has 108 valence electrons. The number of hydrogen-bond acceptors (Lipinski definition) is 6. The Morgan fingerprint density at radius 2 is 2.00 bits per heavy atom. The Hall–Kier alpha value is -1.95. The lowest BCUT2D eigenvalue weighted by Crippen LogP contribution is -2.31. The first-order valence-corrected chi connectivity index (χ1v) is 6.79. The molecule has 0 aliphatic heterocycles. The second-order valence-electron chi connectivity index (χ2n) is 4.84. The number of hydrogen-bond donors (Lipinski definition) is 2. The molecular weight excluding hydrogens is 256 g/mol. The second kappa shape index (κ2) is 6.00. The molecule has 1 atom stereocenters. The van der Waals surface area contributed by atoms with Crippen molar-refractivity contribution in [3.05, 3.63) is 35.5 Å². The van der Waals surface area contributed by atoms with Gasteiger partial charge < -0.3 is 14.8 Å². The van der Waals surface area contributed by atoms with Crippen molar-refractivity contribution in [1.29, 1.82) is 0 Å². The maximum atomic E-state index is 10.3. The van der Waals surface area contributed by atoms with Crippen molar-refractivity contribution >= 4 is 5.95 Å². The molecule has 2 rings (SSSR count). The molecule has 6 nitrogen and oxygen atoms in total. The highest BCUT2D eigenvalue weighted by molar-refractivity contribution is 5.27. The molecule has 0 spiro atoms. The molecule has 0 amide bonds. The molecule has 20 heavy (non-hydrogen) atoms. The monoisotopic (exact) mass is 276 g/mol. The fourth-order valence-corrected chi connectivity index (χ4v) is 1.94. The minimum absolute atomic E-state index is 0.247. The predicted molar refractivity (Wildman–Crippen MR) is 75.4 cm³/mol. The minimum Gasteiger partial charge on any atom is -0.466 e. The van der Waals surface area contributed by atoms with Crippen molar-refractivity contribution in [2.24, 2.45) is 0 Å². The van der Waals surface area contributed by atoms with E-state index in [-0.39, 0.29) is 6.54 Å². The fraction of sp³-hybridized carbons (Fsp3) is 0.500. The van der Waals surface area contributed by atoms with Crippen molar-refractivity contribution < 1.29 is 9.52 Å². The third-order valence-electron chi connectivity index (χ3n) is 3.15. The van der Waals surface area contributed by atoms with E-state index in [1.54, 1.807) is 19.1 Å². The second-order valence-corrected chi connectivity index (χ2v) is 4.84. The van der Waals surface area contributed by atoms with E-state index in [4.69, 9.17) is 4.42 Å². The van der Waals surface area contributed by atoms with E-state index < -0.39 is 5.60 Å². The van der Waals surface area contributed by atoms with Crippen LogP contribution in [-0.2, 0) is 18.4 Å². The Labute approximate surface area is 118 Å². The Balaban J connectivity index is 2.07. The average Bonchev–Trinajstić information content (AvgIpc) is 3.00. The van der Waals surface area contributed by atoms with Gasteiger partial charge in [-0.25, -0.2) is 4.98 Å². The fourth-order valence-electron chi connectivity index (χ4n) is 1.94. The molecule has 0 fully saturated rings. The molecule has 0 aromatic carbocycles. The maximum Gasteiger partial charge on any atom is 0.243 e. The predicted octanol–water partition coefficient (Wildman–Crippen LogP) is 1.91. The summed E-state index contributed by atoms with van der Waals surface area (Å²) in [7, 11) is 0. The Kier molecular flexibility index (Phi) is 4.34. The number of nitrogens with one attached hydrogen (secondary N) is 1. The van der Waals surface area contributed by atoms with Gasteiger partial charge in [0.25, 0.3) is 0 Å². The normalized spacial score (nSPS) is 14.0. The Bertz CT molecular complexity index is 552. The molecule has 2 aromatic rings. The van der Waals surface area contributed by atoms with Gasteiger partial charge in [0, 0.05) is 0 Å². The van der Waals surface area contributed by atoms with Gasteiger partial charge in [-0.2, -0.15) is 5.10 Å². The van der Waals surface area contributed by atoms with E-state index in [0.717, 1.165) is 24.2 Å². The number of anilines is 1. The van der Waals surface area contributed by atoms with Crippen LogP contribution >= 0.6 is 0 Å². The summed E-state index contributed by atoms with van der Waals surface area (Å²) in [5, 5.41) is 21.5. The van der Waals surface area contributed by atoms with Gasteiger partial charge in [-0.15, -0.1) is 5.10 Å². The summed E-state index contributed by atoms with van der Waals surface area (Å²) in [4.78, 5) is 4.42. The first-order chi connectivity index (χ1) is 9.56. The van der Waals surface area contributed by atoms with Crippen molar-refractivity contribution in [2.75, 3.05) is 11.9 Å². The molecule has 0 radical (unpaired) electrons. The van der Waals surface area contributed by atoms with E-state index >= 15 is 0 Å². The highest BCUT2D eigenvalue weighted by Crippen LogP contribution is 2.21. The quantitative estimate of drug-likeness (QED) is 0.838. The van der Waals surface area contributed by atoms with Gasteiger partial charge in [-0.05, 0) is 31.9 Å². The van der Waals surface area contributed by atoms with Crippen molar-refractivity contribution in [3.8, 4) is 0 Å². The molecule has 6 heteroatoms. The molecule has 0 bridgehead atoms. The number of aliphatic hydroxyl groups is 1. The third-order valence-corrected chi connectivity index (χ3v) is 3.15. The van der Waals surface area contributed by atoms with Crippen LogP contribution in [0.4, 0.5) is 5.95 Å². The molecule has 2 heterocycles. The van der Waals surface area contributed by atoms with Gasteiger partial charge in [0.15, 0.2) is 0 Å². The van der Waals surface area contributed by atoms with Gasteiger partial charge in [0.1, 0.15) is 11.4 Å². The zero-order chi connectivity index (χ0) is 14.6. The van der Waals surface area contributed by atoms with Crippen LogP contribution < -0.4 is 5.32 Å². The molecule has 2 N–H and O–H groups in total. The largest absolute Gasteiger partial charge is 0.466 e. The lowest BCUT2D eigenvalue weighted by atomic mass is 10.0. The molecule has 2 aromatic heterocycles. The van der Waals surface area contributed by atoms with E-state index in [2.05, 4.69) is 20.5 Å². The van der Waals surface area contributed by atoms with Gasteiger partial charge in [0.05, 0.1) is 24.2 Å². The Morgan fingerprint density at radius 3 is 2.60 bits per heavy atom. The summed E-state index contributed by atoms with van der Waals surface area (Å²) in [5.41, 5.74) is 0.723. The molecule has 0 aliphatic rings. The standard InChI is InChI=1S/C14H20N4O2/c1-4-10-11(5-2)17-18-13(16-10)15-9-14(3,19)12-7-6-8-20-12/h6-8,19H,4-5,9H2,1-3H3,(H,15,16,18). The smallest absolute Gasteiger partial charge is 0.243 e. The van der Waals surface area contributed by atoms with Crippen LogP contribution in [0.3, 0.4) is 0 Å². The molecule has 0 aliphatic carbocycles. The molecular formula is C14H20N4O2. The summed E-state index contributed by atoms with van der Waals surface area (Å²) >= 11 is 0. The SMILES string of the molecule is CCc1nnc(NCC(C)(O)c2ccco2)nc1CC. The average molecular weight is 276 g/mol. The lowest BCUT2D eigenvalue weighted by Gasteiger charge is -2.21. The summed E-state index contributed by atoms with van der Waals surface area (Å²) in [6.07, 6.45) is 3.16. The van der Waals surface area contributed by atoms with Gasteiger partial charge in [-0.1, -0.05) is 13.8 Å². The van der Waals surface area contributed by atoms with Crippen LogP contribution in [0.15, 0.2) is 22.8 Å². The van der Waals surface area contributed by atoms with Crippen molar-refractivity contribution in [3.63, 3.8) is 0 Å². The molecule has 0 saturated carbocycles. The first-order valence-electron chi connectivity index (χ1n) is 6.79. The zero-order valence-electron chi connectivity index (χ0n) is 12.1. The number of nitrogens with zero attached hydrogens (tertiary/aromatic N) is 3. The Morgan fingerprint density at radius 1 is 1.25 bits per heavy atom. The summed E-state index contributed by atoms with van der Waals surface area (Å²) < 4.78 is 5.22. The molecule has 1 unspecified atom stereocenters. The highest BCUT2D eigenvalue weighted by atomic mass is 16.4. The van der Waals surface area contributed by atoms with Crippen LogP contribution in [0, 0.1) is 0 Å². The molecule has 0 saturated heterocycles. The topological polar surface area (TPSA) is 84.1 Å². The van der Waals surface area contributed by atoms with Crippen LogP contribution in [-0.4, -0.2) is 26.8 Å². The van der Waals surface area contributed by atoms with E-state index in [0.29, 0.717) is 11.7 Å². The first kappa shape index (κ1) is 14.5. The zero-order valence-corrected chi connectivity index (χ0v) is 12.1. The highest BCUT2D eigenvalue weighted by Gasteiger charge is 2.26. The van der Waals surface area contributed by atoms with Gasteiger partial charge >= 0.3 is 0 Å². The lowest BCUT2D eigenvalue weighted by molar-refractivity contribution is 0.0474.